The van der Waals surface area contributed by atoms with E-state index in [0.717, 1.165) is 43.5 Å². The highest BCUT2D eigenvalue weighted by Crippen LogP contribution is 2.64. The smallest absolute Gasteiger partial charge is 0.307 e. The third-order valence-corrected chi connectivity index (χ3v) is 7.95. The van der Waals surface area contributed by atoms with Gasteiger partial charge in [-0.25, -0.2) is 9.97 Å². The number of carbonyl (C=O) groups is 1. The number of aliphatic carboxylic acids is 1. The molecule has 0 spiro atoms. The van der Waals surface area contributed by atoms with Crippen LogP contribution in [-0.2, 0) is 17.9 Å². The number of pyridine rings is 1. The maximum absolute atomic E-state index is 12.0. The highest BCUT2D eigenvalue weighted by atomic mass is 79.9. The second kappa shape index (κ2) is 8.99. The Morgan fingerprint density at radius 2 is 1.78 bits per heavy atom. The van der Waals surface area contributed by atoms with Crippen molar-refractivity contribution in [3.8, 4) is 5.75 Å². The van der Waals surface area contributed by atoms with E-state index in [1.54, 1.807) is 0 Å². The summed E-state index contributed by atoms with van der Waals surface area (Å²) >= 11 is 3.50. The molecule has 2 aromatic heterocycles. The number of aromatic nitrogens is 3. The molecule has 5 aromatic rings. The van der Waals surface area contributed by atoms with Gasteiger partial charge in [0.2, 0.25) is 0 Å². The molecule has 1 aliphatic rings. The maximum Gasteiger partial charge on any atom is 0.307 e. The molecule has 6 rings (SSSR count). The third-order valence-electron chi connectivity index (χ3n) is 7.42. The zero-order valence-electron chi connectivity index (χ0n) is 20.6. The van der Waals surface area contributed by atoms with Crippen LogP contribution >= 0.6 is 15.9 Å². The van der Waals surface area contributed by atoms with E-state index in [1.807, 2.05) is 74.5 Å². The van der Waals surface area contributed by atoms with E-state index in [0.29, 0.717) is 18.9 Å². The summed E-state index contributed by atoms with van der Waals surface area (Å²) in [5.74, 6) is 0.127. The van der Waals surface area contributed by atoms with Gasteiger partial charge in [-0.05, 0) is 47.4 Å². The summed E-state index contributed by atoms with van der Waals surface area (Å²) in [5, 5.41) is 10.9. The molecule has 7 heteroatoms. The van der Waals surface area contributed by atoms with Gasteiger partial charge in [0.25, 0.3) is 0 Å². The Bertz CT molecular complexity index is 1640. The normalized spacial score (nSPS) is 18.2. The van der Waals surface area contributed by atoms with Crippen LogP contribution in [0.3, 0.4) is 0 Å². The third kappa shape index (κ3) is 4.37. The lowest BCUT2D eigenvalue weighted by molar-refractivity contribution is -0.139. The van der Waals surface area contributed by atoms with Crippen molar-refractivity contribution < 1.29 is 14.6 Å². The highest BCUT2D eigenvalue weighted by molar-refractivity contribution is 9.10. The summed E-state index contributed by atoms with van der Waals surface area (Å²) in [4.78, 5) is 21.6. The monoisotopic (exact) mass is 555 g/mol. The number of carboxylic acids is 1. The minimum Gasteiger partial charge on any atom is -0.487 e. The molecule has 0 bridgehead atoms. The average molecular weight is 556 g/mol. The molecule has 1 saturated carbocycles. The SMILES string of the molecule is CC1(C)[C@@H](C(=O)O)[C@@H]1c1nc2cc(OCc3ccc4ccccc4n3)ccc2n1Cc1ccc(Br)cc1. The van der Waals surface area contributed by atoms with Crippen LogP contribution in [0.1, 0.15) is 36.8 Å². The summed E-state index contributed by atoms with van der Waals surface area (Å²) in [6, 6.07) is 26.1. The van der Waals surface area contributed by atoms with Gasteiger partial charge in [0.15, 0.2) is 0 Å². The molecule has 1 N–H and O–H groups in total. The Balaban J connectivity index is 1.33. The van der Waals surface area contributed by atoms with Crippen LogP contribution in [0, 0.1) is 11.3 Å². The predicted octanol–water partition coefficient (Wildman–Crippen LogP) is 6.80. The van der Waals surface area contributed by atoms with Crippen molar-refractivity contribution >= 4 is 43.8 Å². The first-order valence-corrected chi connectivity index (χ1v) is 13.1. The number of hydrogen-bond donors (Lipinski definition) is 1. The number of carboxylic acid groups (broad SMARTS) is 1. The van der Waals surface area contributed by atoms with Crippen molar-refractivity contribution in [3.63, 3.8) is 0 Å². The van der Waals surface area contributed by atoms with E-state index < -0.39 is 11.9 Å². The molecule has 0 saturated heterocycles. The summed E-state index contributed by atoms with van der Waals surface area (Å²) in [6.45, 7) is 4.97. The van der Waals surface area contributed by atoms with E-state index in [2.05, 4.69) is 38.7 Å². The van der Waals surface area contributed by atoms with Gasteiger partial charge in [-0.15, -0.1) is 0 Å². The van der Waals surface area contributed by atoms with Crippen molar-refractivity contribution in [2.75, 3.05) is 0 Å². The van der Waals surface area contributed by atoms with E-state index in [9.17, 15) is 9.90 Å². The van der Waals surface area contributed by atoms with E-state index in [1.165, 1.54) is 0 Å². The summed E-state index contributed by atoms with van der Waals surface area (Å²) in [6.07, 6.45) is 0. The first-order valence-electron chi connectivity index (χ1n) is 12.3. The topological polar surface area (TPSA) is 77.2 Å². The van der Waals surface area contributed by atoms with Crippen molar-refractivity contribution in [1.82, 2.24) is 14.5 Å². The number of benzene rings is 3. The van der Waals surface area contributed by atoms with Crippen molar-refractivity contribution in [1.29, 1.82) is 0 Å². The molecule has 0 radical (unpaired) electrons. The summed E-state index contributed by atoms with van der Waals surface area (Å²) < 4.78 is 9.27. The maximum atomic E-state index is 12.0. The Labute approximate surface area is 223 Å². The molecular weight excluding hydrogens is 530 g/mol. The zero-order chi connectivity index (χ0) is 25.7. The molecular formula is C30H26BrN3O3. The largest absolute Gasteiger partial charge is 0.487 e. The molecule has 2 heterocycles. The molecule has 186 valence electrons. The number of hydrogen-bond acceptors (Lipinski definition) is 4. The van der Waals surface area contributed by atoms with E-state index >= 15 is 0 Å². The number of fused-ring (bicyclic) bond motifs is 2. The zero-order valence-corrected chi connectivity index (χ0v) is 22.1. The fraction of sp³-hybridized carbons (Fsp3) is 0.233. The molecule has 1 aliphatic carbocycles. The van der Waals surface area contributed by atoms with Crippen LogP contribution in [0.25, 0.3) is 21.9 Å². The fourth-order valence-corrected chi connectivity index (χ4v) is 5.58. The summed E-state index contributed by atoms with van der Waals surface area (Å²) in [5.41, 5.74) is 4.31. The molecule has 0 aliphatic heterocycles. The predicted molar refractivity (Wildman–Crippen MR) is 147 cm³/mol. The number of rotatable bonds is 7. The average Bonchev–Trinajstić information content (AvgIpc) is 3.31. The molecule has 0 amide bonds. The standard InChI is InChI=1S/C30H26BrN3O3/c1-30(2)26(27(30)29(35)36)28-33-24-15-22(37-17-21-12-9-19-5-3-4-6-23(19)32-21)13-14-25(24)34(28)16-18-7-10-20(31)11-8-18/h3-15,26-27H,16-17H2,1-2H3,(H,35,36)/t26-,27-/m1/s1. The minimum absolute atomic E-state index is 0.154. The number of halogens is 1. The molecule has 1 fully saturated rings. The Morgan fingerprint density at radius 1 is 1.00 bits per heavy atom. The number of imidazole rings is 1. The lowest BCUT2D eigenvalue weighted by atomic mass is 10.1. The van der Waals surface area contributed by atoms with Gasteiger partial charge in [0.05, 0.1) is 28.2 Å². The van der Waals surface area contributed by atoms with Gasteiger partial charge < -0.3 is 14.4 Å². The summed E-state index contributed by atoms with van der Waals surface area (Å²) in [7, 11) is 0. The number of ether oxygens (including phenoxy) is 1. The van der Waals surface area contributed by atoms with Gasteiger partial charge in [-0.3, -0.25) is 4.79 Å². The fourth-order valence-electron chi connectivity index (χ4n) is 5.32. The van der Waals surface area contributed by atoms with Gasteiger partial charge in [0.1, 0.15) is 18.2 Å². The molecule has 6 nitrogen and oxygen atoms in total. The van der Waals surface area contributed by atoms with Crippen LogP contribution in [-0.4, -0.2) is 25.6 Å². The van der Waals surface area contributed by atoms with Gasteiger partial charge in [-0.2, -0.15) is 0 Å². The Kier molecular flexibility index (Phi) is 5.75. The van der Waals surface area contributed by atoms with Crippen LogP contribution in [0.15, 0.2) is 83.3 Å². The van der Waals surface area contributed by atoms with Crippen LogP contribution in [0.4, 0.5) is 0 Å². The van der Waals surface area contributed by atoms with E-state index in [4.69, 9.17) is 14.7 Å². The highest BCUT2D eigenvalue weighted by Gasteiger charge is 2.64. The Morgan fingerprint density at radius 3 is 2.54 bits per heavy atom. The van der Waals surface area contributed by atoms with Gasteiger partial charge >= 0.3 is 5.97 Å². The first kappa shape index (κ1) is 23.7. The second-order valence-corrected chi connectivity index (χ2v) is 11.1. The number of para-hydroxylation sites is 1. The van der Waals surface area contributed by atoms with Gasteiger partial charge in [-0.1, -0.05) is 66.2 Å². The van der Waals surface area contributed by atoms with Crippen LogP contribution in [0.5, 0.6) is 5.75 Å². The lowest BCUT2D eigenvalue weighted by Crippen LogP contribution is -2.07. The van der Waals surface area contributed by atoms with Crippen molar-refractivity contribution in [2.45, 2.75) is 32.9 Å². The molecule has 3 aromatic carbocycles. The second-order valence-electron chi connectivity index (χ2n) is 10.2. The van der Waals surface area contributed by atoms with Crippen molar-refractivity contribution in [3.05, 3.63) is 100 Å². The van der Waals surface area contributed by atoms with Crippen LogP contribution < -0.4 is 4.74 Å². The van der Waals surface area contributed by atoms with Gasteiger partial charge in [0, 0.05) is 28.4 Å². The quantitative estimate of drug-likeness (QED) is 0.239. The van der Waals surface area contributed by atoms with Crippen molar-refractivity contribution in [2.24, 2.45) is 11.3 Å². The van der Waals surface area contributed by atoms with E-state index in [-0.39, 0.29) is 11.3 Å². The first-order chi connectivity index (χ1) is 17.8. The minimum atomic E-state index is -0.774. The number of nitrogens with zero attached hydrogens (tertiary/aromatic N) is 3. The van der Waals surface area contributed by atoms with Crippen LogP contribution in [0.2, 0.25) is 0 Å². The molecule has 0 unspecified atom stereocenters. The Hall–Kier alpha value is -3.71. The molecule has 2 atom stereocenters. The lowest BCUT2D eigenvalue weighted by Gasteiger charge is -2.11. The molecule has 37 heavy (non-hydrogen) atoms.